The first kappa shape index (κ1) is 13.5. The van der Waals surface area contributed by atoms with E-state index in [0.717, 1.165) is 42.0 Å². The van der Waals surface area contributed by atoms with Crippen molar-refractivity contribution in [2.45, 2.75) is 20.3 Å². The van der Waals surface area contributed by atoms with Crippen LogP contribution in [0.2, 0.25) is 0 Å². The molecule has 0 saturated carbocycles. The molecule has 4 rings (SSSR count). The molecule has 21 heavy (non-hydrogen) atoms. The van der Waals surface area contributed by atoms with Crippen LogP contribution in [0.1, 0.15) is 17.7 Å². The summed E-state index contributed by atoms with van der Waals surface area (Å²) in [5.74, 6) is 0. The second-order valence-corrected chi connectivity index (χ2v) is 7.41. The molecule has 0 atom stereocenters. The van der Waals surface area contributed by atoms with Crippen LogP contribution >= 0.6 is 15.9 Å². The van der Waals surface area contributed by atoms with E-state index in [1.54, 1.807) is 0 Å². The topological polar surface area (TPSA) is 25.4 Å². The molecule has 2 aliphatic rings. The molecule has 0 radical (unpaired) electrons. The lowest BCUT2D eigenvalue weighted by Gasteiger charge is -2.38. The molecule has 2 fully saturated rings. The number of hydrogen-bond donors (Lipinski definition) is 0. The van der Waals surface area contributed by atoms with Gasteiger partial charge in [-0.25, -0.2) is 0 Å². The number of fused-ring (bicyclic) bond motifs is 1. The Labute approximate surface area is 133 Å². The molecule has 0 amide bonds. The first-order valence-corrected chi connectivity index (χ1v) is 8.26. The van der Waals surface area contributed by atoms with E-state index in [1.807, 2.05) is 0 Å². The fourth-order valence-electron chi connectivity index (χ4n) is 3.59. The van der Waals surface area contributed by atoms with Gasteiger partial charge in [0.2, 0.25) is 0 Å². The van der Waals surface area contributed by atoms with Gasteiger partial charge in [-0.15, -0.1) is 0 Å². The number of hydrogen-bond acceptors (Lipinski definition) is 3. The Morgan fingerprint density at radius 1 is 1.29 bits per heavy atom. The lowest BCUT2D eigenvalue weighted by molar-refractivity contribution is -0.0985. The van der Waals surface area contributed by atoms with Gasteiger partial charge < -0.3 is 9.64 Å². The summed E-state index contributed by atoms with van der Waals surface area (Å²) in [5, 5.41) is 1.25. The highest BCUT2D eigenvalue weighted by atomic mass is 79.9. The molecule has 1 aromatic heterocycles. The molecular formula is C17H19BrN2O. The van der Waals surface area contributed by atoms with E-state index in [9.17, 15) is 0 Å². The molecule has 110 valence electrons. The lowest BCUT2D eigenvalue weighted by Crippen LogP contribution is -2.44. The second-order valence-electron chi connectivity index (χ2n) is 6.50. The minimum atomic E-state index is 0.405. The predicted octanol–water partition coefficient (Wildman–Crippen LogP) is 3.84. The van der Waals surface area contributed by atoms with E-state index in [2.05, 4.69) is 52.9 Å². The van der Waals surface area contributed by atoms with Gasteiger partial charge in [0.05, 0.1) is 24.4 Å². The normalized spacial score (nSPS) is 20.2. The molecule has 3 nitrogen and oxygen atoms in total. The zero-order valence-electron chi connectivity index (χ0n) is 12.4. The number of rotatable bonds is 1. The molecule has 1 spiro atoms. The van der Waals surface area contributed by atoms with Crippen LogP contribution in [0.5, 0.6) is 0 Å². The van der Waals surface area contributed by atoms with Crippen molar-refractivity contribution in [2.75, 3.05) is 31.2 Å². The van der Waals surface area contributed by atoms with E-state index in [-0.39, 0.29) is 0 Å². The number of aryl methyl sites for hydroxylation is 1. The fourth-order valence-corrected chi connectivity index (χ4v) is 3.95. The first-order chi connectivity index (χ1) is 10.1. The Bertz CT molecular complexity index is 724. The molecule has 0 aliphatic carbocycles. The van der Waals surface area contributed by atoms with Crippen molar-refractivity contribution in [2.24, 2.45) is 5.41 Å². The summed E-state index contributed by atoms with van der Waals surface area (Å²) in [5.41, 5.74) is 5.29. The first-order valence-electron chi connectivity index (χ1n) is 7.47. The zero-order valence-corrected chi connectivity index (χ0v) is 14.0. The molecule has 0 bridgehead atoms. The monoisotopic (exact) mass is 346 g/mol. The van der Waals surface area contributed by atoms with Crippen molar-refractivity contribution in [1.29, 1.82) is 0 Å². The third-order valence-corrected chi connectivity index (χ3v) is 5.46. The van der Waals surface area contributed by atoms with Crippen LogP contribution in [-0.4, -0.2) is 31.3 Å². The number of benzene rings is 1. The molecule has 4 heteroatoms. The largest absolute Gasteiger partial charge is 0.380 e. The van der Waals surface area contributed by atoms with Crippen LogP contribution in [-0.2, 0) is 4.74 Å². The minimum Gasteiger partial charge on any atom is -0.380 e. The van der Waals surface area contributed by atoms with E-state index < -0.39 is 0 Å². The molecule has 2 saturated heterocycles. The lowest BCUT2D eigenvalue weighted by atomic mass is 9.85. The maximum absolute atomic E-state index is 5.46. The number of nitrogens with zero attached hydrogens (tertiary/aromatic N) is 2. The van der Waals surface area contributed by atoms with Crippen molar-refractivity contribution in [3.8, 4) is 0 Å². The Morgan fingerprint density at radius 2 is 2.10 bits per heavy atom. The molecule has 0 unspecified atom stereocenters. The Hall–Kier alpha value is -1.13. The van der Waals surface area contributed by atoms with Crippen LogP contribution in [0.3, 0.4) is 0 Å². The van der Waals surface area contributed by atoms with Crippen LogP contribution in [0.25, 0.3) is 10.9 Å². The standard InChI is InChI=1S/C17H19BrN2O/c1-11-12(2)19-15-4-3-13(18)7-14(15)16(11)20-6-5-17(8-20)9-21-10-17/h3-4,7H,5-6,8-10H2,1-2H3. The molecule has 3 heterocycles. The molecule has 2 aromatic rings. The Kier molecular flexibility index (Phi) is 3.02. The van der Waals surface area contributed by atoms with Crippen molar-refractivity contribution in [1.82, 2.24) is 4.98 Å². The molecule has 1 aromatic carbocycles. The van der Waals surface area contributed by atoms with Gasteiger partial charge >= 0.3 is 0 Å². The smallest absolute Gasteiger partial charge is 0.0727 e. The van der Waals surface area contributed by atoms with Crippen LogP contribution in [0, 0.1) is 19.3 Å². The van der Waals surface area contributed by atoms with Crippen LogP contribution in [0.15, 0.2) is 22.7 Å². The minimum absolute atomic E-state index is 0.405. The van der Waals surface area contributed by atoms with Gasteiger partial charge in [-0.2, -0.15) is 0 Å². The summed E-state index contributed by atoms with van der Waals surface area (Å²) >= 11 is 3.60. The highest BCUT2D eigenvalue weighted by Crippen LogP contribution is 2.42. The van der Waals surface area contributed by atoms with Gasteiger partial charge in [0.15, 0.2) is 0 Å². The number of aromatic nitrogens is 1. The van der Waals surface area contributed by atoms with Gasteiger partial charge in [-0.05, 0) is 44.0 Å². The summed E-state index contributed by atoms with van der Waals surface area (Å²) in [6.07, 6.45) is 1.24. The van der Waals surface area contributed by atoms with Gasteiger partial charge in [-0.1, -0.05) is 15.9 Å². The molecular weight excluding hydrogens is 328 g/mol. The average molecular weight is 347 g/mol. The third kappa shape index (κ3) is 2.08. The summed E-state index contributed by atoms with van der Waals surface area (Å²) in [7, 11) is 0. The maximum Gasteiger partial charge on any atom is 0.0727 e. The summed E-state index contributed by atoms with van der Waals surface area (Å²) in [6, 6.07) is 6.37. The molecule has 2 aliphatic heterocycles. The van der Waals surface area contributed by atoms with Gasteiger partial charge in [-0.3, -0.25) is 4.98 Å². The Morgan fingerprint density at radius 3 is 2.76 bits per heavy atom. The average Bonchev–Trinajstić information content (AvgIpc) is 2.86. The van der Waals surface area contributed by atoms with Crippen molar-refractivity contribution in [3.63, 3.8) is 0 Å². The van der Waals surface area contributed by atoms with Crippen molar-refractivity contribution < 1.29 is 4.74 Å². The van der Waals surface area contributed by atoms with Gasteiger partial charge in [0.1, 0.15) is 0 Å². The van der Waals surface area contributed by atoms with Crippen LogP contribution < -0.4 is 4.90 Å². The highest BCUT2D eigenvalue weighted by Gasteiger charge is 2.45. The van der Waals surface area contributed by atoms with Crippen molar-refractivity contribution >= 4 is 32.5 Å². The maximum atomic E-state index is 5.46. The van der Waals surface area contributed by atoms with Gasteiger partial charge in [0.25, 0.3) is 0 Å². The van der Waals surface area contributed by atoms with Crippen molar-refractivity contribution in [3.05, 3.63) is 33.9 Å². The second kappa shape index (κ2) is 4.68. The van der Waals surface area contributed by atoms with E-state index in [1.165, 1.54) is 23.1 Å². The van der Waals surface area contributed by atoms with E-state index >= 15 is 0 Å². The number of anilines is 1. The van der Waals surface area contributed by atoms with E-state index in [4.69, 9.17) is 9.72 Å². The summed E-state index contributed by atoms with van der Waals surface area (Å²) in [4.78, 5) is 7.29. The van der Waals surface area contributed by atoms with E-state index in [0.29, 0.717) is 5.41 Å². The highest BCUT2D eigenvalue weighted by molar-refractivity contribution is 9.10. The number of ether oxygens (including phenoxy) is 1. The van der Waals surface area contributed by atoms with Gasteiger partial charge in [0, 0.05) is 34.1 Å². The predicted molar refractivity (Wildman–Crippen MR) is 89.0 cm³/mol. The number of halogens is 1. The SMILES string of the molecule is Cc1nc2ccc(Br)cc2c(N2CCC3(COC3)C2)c1C. The quantitative estimate of drug-likeness (QED) is 0.784. The zero-order chi connectivity index (χ0) is 14.6. The summed E-state index contributed by atoms with van der Waals surface area (Å²) in [6.45, 7) is 8.38. The fraction of sp³-hybridized carbons (Fsp3) is 0.471. The van der Waals surface area contributed by atoms with Crippen LogP contribution in [0.4, 0.5) is 5.69 Å². The molecule has 0 N–H and O–H groups in total. The number of pyridine rings is 1. The third-order valence-electron chi connectivity index (χ3n) is 4.97. The summed E-state index contributed by atoms with van der Waals surface area (Å²) < 4.78 is 6.57. The Balaban J connectivity index is 1.86.